The summed E-state index contributed by atoms with van der Waals surface area (Å²) in [6, 6.07) is 9.88. The molecule has 0 bridgehead atoms. The smallest absolute Gasteiger partial charge is 0.272 e. The minimum Gasteiger partial charge on any atom is -0.356 e. The van der Waals surface area contributed by atoms with Crippen LogP contribution in [-0.4, -0.2) is 22.0 Å². The Hall–Kier alpha value is -2.30. The molecule has 0 saturated carbocycles. The Morgan fingerprint density at radius 2 is 2.20 bits per heavy atom. The monoisotopic (exact) mass is 270 g/mol. The van der Waals surface area contributed by atoms with E-state index >= 15 is 0 Å². The average Bonchev–Trinajstić information content (AvgIpc) is 2.92. The molecule has 104 valence electrons. The quantitative estimate of drug-likeness (QED) is 0.899. The Labute approximate surface area is 118 Å². The van der Waals surface area contributed by atoms with Gasteiger partial charge in [0, 0.05) is 19.3 Å². The van der Waals surface area contributed by atoms with Crippen molar-refractivity contribution in [1.29, 1.82) is 0 Å². The first-order chi connectivity index (χ1) is 9.74. The first-order valence-electron chi connectivity index (χ1n) is 6.91. The highest BCUT2D eigenvalue weighted by atomic mass is 16.2. The number of hydrogen-bond acceptors (Lipinski definition) is 3. The standard InChI is InChI=1S/C15H18N4O/c1-11(12-6-3-2-4-7-12)17-14(20)13-10-19-9-5-8-16-15(19)18-13/h2-4,6-7,10-11H,5,8-9H2,1H3,(H,16,18)(H,17,20). The van der Waals surface area contributed by atoms with E-state index in [0.29, 0.717) is 5.69 Å². The van der Waals surface area contributed by atoms with E-state index in [4.69, 9.17) is 0 Å². The number of imidazole rings is 1. The zero-order chi connectivity index (χ0) is 13.9. The number of aryl methyl sites for hydroxylation is 1. The van der Waals surface area contributed by atoms with E-state index in [1.54, 1.807) is 0 Å². The first kappa shape index (κ1) is 12.7. The number of aromatic nitrogens is 2. The molecule has 2 heterocycles. The number of rotatable bonds is 3. The lowest BCUT2D eigenvalue weighted by Crippen LogP contribution is -2.26. The third kappa shape index (κ3) is 2.52. The molecule has 0 fully saturated rings. The molecule has 5 heteroatoms. The van der Waals surface area contributed by atoms with Gasteiger partial charge in [-0.2, -0.15) is 0 Å². The van der Waals surface area contributed by atoms with Gasteiger partial charge in [0.1, 0.15) is 5.69 Å². The number of benzene rings is 1. The minimum atomic E-state index is -0.134. The Balaban J connectivity index is 1.71. The van der Waals surface area contributed by atoms with Gasteiger partial charge in [0.2, 0.25) is 5.95 Å². The fourth-order valence-electron chi connectivity index (χ4n) is 2.38. The van der Waals surface area contributed by atoms with Crippen molar-refractivity contribution in [3.63, 3.8) is 0 Å². The fraction of sp³-hybridized carbons (Fsp3) is 0.333. The van der Waals surface area contributed by atoms with Gasteiger partial charge in [0.05, 0.1) is 6.04 Å². The van der Waals surface area contributed by atoms with Crippen LogP contribution in [0.4, 0.5) is 5.95 Å². The van der Waals surface area contributed by atoms with E-state index in [9.17, 15) is 4.79 Å². The van der Waals surface area contributed by atoms with E-state index < -0.39 is 0 Å². The normalized spacial score (nSPS) is 15.1. The summed E-state index contributed by atoms with van der Waals surface area (Å²) in [5.41, 5.74) is 1.56. The maximum Gasteiger partial charge on any atom is 0.272 e. The molecule has 0 saturated heterocycles. The van der Waals surface area contributed by atoms with Crippen LogP contribution in [0.25, 0.3) is 0 Å². The van der Waals surface area contributed by atoms with Crippen molar-refractivity contribution >= 4 is 11.9 Å². The van der Waals surface area contributed by atoms with Crippen molar-refractivity contribution in [3.05, 3.63) is 47.8 Å². The van der Waals surface area contributed by atoms with Crippen molar-refractivity contribution in [2.24, 2.45) is 0 Å². The molecule has 20 heavy (non-hydrogen) atoms. The predicted molar refractivity (Wildman–Crippen MR) is 77.7 cm³/mol. The molecule has 1 amide bonds. The number of carbonyl (C=O) groups is 1. The number of hydrogen-bond donors (Lipinski definition) is 2. The largest absolute Gasteiger partial charge is 0.356 e. The Morgan fingerprint density at radius 1 is 1.40 bits per heavy atom. The molecular weight excluding hydrogens is 252 g/mol. The molecule has 1 atom stereocenters. The number of carbonyl (C=O) groups excluding carboxylic acids is 1. The average molecular weight is 270 g/mol. The van der Waals surface area contributed by atoms with Gasteiger partial charge >= 0.3 is 0 Å². The van der Waals surface area contributed by atoms with Gasteiger partial charge in [-0.3, -0.25) is 4.79 Å². The van der Waals surface area contributed by atoms with E-state index in [1.807, 2.05) is 48.0 Å². The third-order valence-electron chi connectivity index (χ3n) is 3.52. The van der Waals surface area contributed by atoms with Gasteiger partial charge in [-0.05, 0) is 18.9 Å². The molecule has 0 spiro atoms. The second kappa shape index (κ2) is 5.36. The van der Waals surface area contributed by atoms with Gasteiger partial charge in [-0.15, -0.1) is 0 Å². The fourth-order valence-corrected chi connectivity index (χ4v) is 2.38. The van der Waals surface area contributed by atoms with Gasteiger partial charge in [-0.25, -0.2) is 4.98 Å². The van der Waals surface area contributed by atoms with Crippen molar-refractivity contribution in [2.75, 3.05) is 11.9 Å². The SMILES string of the molecule is CC(NC(=O)c1cn2c(n1)NCCC2)c1ccccc1. The summed E-state index contributed by atoms with van der Waals surface area (Å²) in [4.78, 5) is 16.6. The molecule has 5 nitrogen and oxygen atoms in total. The lowest BCUT2D eigenvalue weighted by Gasteiger charge is -2.14. The second-order valence-corrected chi connectivity index (χ2v) is 5.03. The summed E-state index contributed by atoms with van der Waals surface area (Å²) in [7, 11) is 0. The molecule has 1 aromatic carbocycles. The number of nitrogens with zero attached hydrogens (tertiary/aromatic N) is 2. The molecule has 0 radical (unpaired) electrons. The summed E-state index contributed by atoms with van der Waals surface area (Å²) >= 11 is 0. The summed E-state index contributed by atoms with van der Waals surface area (Å²) < 4.78 is 1.99. The molecule has 1 aliphatic heterocycles. The van der Waals surface area contributed by atoms with Crippen molar-refractivity contribution in [2.45, 2.75) is 25.9 Å². The van der Waals surface area contributed by atoms with Gasteiger partial charge in [0.25, 0.3) is 5.91 Å². The first-order valence-corrected chi connectivity index (χ1v) is 6.91. The zero-order valence-electron chi connectivity index (χ0n) is 11.5. The molecule has 0 aliphatic carbocycles. The van der Waals surface area contributed by atoms with Gasteiger partial charge in [-0.1, -0.05) is 30.3 Å². The Bertz CT molecular complexity index is 582. The highest BCUT2D eigenvalue weighted by molar-refractivity contribution is 5.92. The summed E-state index contributed by atoms with van der Waals surface area (Å²) in [5.74, 6) is 0.652. The van der Waals surface area contributed by atoms with Crippen molar-refractivity contribution in [3.8, 4) is 0 Å². The number of nitrogens with one attached hydrogen (secondary N) is 2. The zero-order valence-corrected chi connectivity index (χ0v) is 11.5. The predicted octanol–water partition coefficient (Wildman–Crippen LogP) is 2.19. The Kier molecular flexibility index (Phi) is 3.41. The maximum atomic E-state index is 12.2. The van der Waals surface area contributed by atoms with Crippen LogP contribution >= 0.6 is 0 Å². The molecule has 1 aromatic heterocycles. The molecule has 3 rings (SSSR count). The van der Waals surface area contributed by atoms with E-state index in [2.05, 4.69) is 15.6 Å². The molecule has 1 unspecified atom stereocenters. The van der Waals surface area contributed by atoms with Gasteiger partial charge < -0.3 is 15.2 Å². The van der Waals surface area contributed by atoms with Crippen LogP contribution in [0.2, 0.25) is 0 Å². The second-order valence-electron chi connectivity index (χ2n) is 5.03. The van der Waals surface area contributed by atoms with Crippen LogP contribution in [0.5, 0.6) is 0 Å². The summed E-state index contributed by atoms with van der Waals surface area (Å²) in [6.07, 6.45) is 2.87. The van der Waals surface area contributed by atoms with Crippen LogP contribution < -0.4 is 10.6 Å². The van der Waals surface area contributed by atoms with E-state index in [0.717, 1.165) is 31.0 Å². The Morgan fingerprint density at radius 3 is 2.95 bits per heavy atom. The van der Waals surface area contributed by atoms with Crippen LogP contribution in [-0.2, 0) is 6.54 Å². The third-order valence-corrected chi connectivity index (χ3v) is 3.52. The molecule has 2 aromatic rings. The number of anilines is 1. The lowest BCUT2D eigenvalue weighted by atomic mass is 10.1. The van der Waals surface area contributed by atoms with Gasteiger partial charge in [0.15, 0.2) is 0 Å². The highest BCUT2D eigenvalue weighted by Gasteiger charge is 2.18. The van der Waals surface area contributed by atoms with Crippen LogP contribution in [0.3, 0.4) is 0 Å². The summed E-state index contributed by atoms with van der Waals surface area (Å²) in [6.45, 7) is 3.80. The highest BCUT2D eigenvalue weighted by Crippen LogP contribution is 2.16. The van der Waals surface area contributed by atoms with E-state index in [1.165, 1.54) is 0 Å². The topological polar surface area (TPSA) is 59.0 Å². The van der Waals surface area contributed by atoms with Crippen molar-refractivity contribution < 1.29 is 4.79 Å². The van der Waals surface area contributed by atoms with Crippen LogP contribution in [0.1, 0.15) is 35.4 Å². The molecular formula is C15H18N4O. The minimum absolute atomic E-state index is 0.0320. The molecule has 1 aliphatic rings. The van der Waals surface area contributed by atoms with Crippen LogP contribution in [0.15, 0.2) is 36.5 Å². The maximum absolute atomic E-state index is 12.2. The van der Waals surface area contributed by atoms with E-state index in [-0.39, 0.29) is 11.9 Å². The number of fused-ring (bicyclic) bond motifs is 1. The van der Waals surface area contributed by atoms with Crippen molar-refractivity contribution in [1.82, 2.24) is 14.9 Å². The van der Waals surface area contributed by atoms with Crippen LogP contribution in [0, 0.1) is 0 Å². The molecule has 2 N–H and O–H groups in total. The lowest BCUT2D eigenvalue weighted by molar-refractivity contribution is 0.0935. The number of amides is 1. The summed E-state index contributed by atoms with van der Waals surface area (Å²) in [5, 5.41) is 6.17.